The van der Waals surface area contributed by atoms with E-state index in [0.717, 1.165) is 54.2 Å². The molecule has 5 N–H and O–H groups in total. The summed E-state index contributed by atoms with van der Waals surface area (Å²) in [6.45, 7) is 2.93. The lowest BCUT2D eigenvalue weighted by molar-refractivity contribution is 0.100. The summed E-state index contributed by atoms with van der Waals surface area (Å²) >= 11 is 1.34. The summed E-state index contributed by atoms with van der Waals surface area (Å²) in [5.74, 6) is -0.551. The predicted molar refractivity (Wildman–Crippen MR) is 120 cm³/mol. The lowest BCUT2D eigenvalue weighted by Gasteiger charge is -2.16. The Hall–Kier alpha value is -3.17. The molecule has 1 unspecified atom stereocenters. The highest BCUT2D eigenvalue weighted by Crippen LogP contribution is 2.45. The summed E-state index contributed by atoms with van der Waals surface area (Å²) in [4.78, 5) is 26.8. The van der Waals surface area contributed by atoms with Crippen LogP contribution in [0.15, 0.2) is 36.5 Å². The van der Waals surface area contributed by atoms with Crippen molar-refractivity contribution in [3.63, 3.8) is 0 Å². The number of likely N-dealkylation sites (tertiary alicyclic amines) is 1. The topological polar surface area (TPSA) is 119 Å². The SMILES string of the molecule is NC(=O)Nc1sc2c(c1C(N)=O)CCc1nn(C3CCN(Cc4ccccc4)C3)cc1-2. The first kappa shape index (κ1) is 19.8. The second-order valence-corrected chi connectivity index (χ2v) is 9.12. The van der Waals surface area contributed by atoms with Gasteiger partial charge in [0.2, 0.25) is 0 Å². The van der Waals surface area contributed by atoms with E-state index in [9.17, 15) is 9.59 Å². The van der Waals surface area contributed by atoms with Gasteiger partial charge in [-0.05, 0) is 30.4 Å². The second-order valence-electron chi connectivity index (χ2n) is 8.10. The highest BCUT2D eigenvalue weighted by Gasteiger charge is 2.31. The van der Waals surface area contributed by atoms with E-state index >= 15 is 0 Å². The summed E-state index contributed by atoms with van der Waals surface area (Å²) in [5, 5.41) is 7.86. The van der Waals surface area contributed by atoms with Gasteiger partial charge < -0.3 is 11.5 Å². The molecule has 1 aromatic carbocycles. The molecule has 8 nitrogen and oxygen atoms in total. The molecule has 2 aliphatic rings. The molecular weight excluding hydrogens is 412 g/mol. The lowest BCUT2D eigenvalue weighted by Crippen LogP contribution is -2.22. The third kappa shape index (κ3) is 3.70. The van der Waals surface area contributed by atoms with Gasteiger partial charge in [0.05, 0.1) is 17.3 Å². The van der Waals surface area contributed by atoms with E-state index in [1.807, 2.05) is 6.07 Å². The van der Waals surface area contributed by atoms with Gasteiger partial charge in [-0.1, -0.05) is 30.3 Å². The first-order valence-corrected chi connectivity index (χ1v) is 11.2. The largest absolute Gasteiger partial charge is 0.365 e. The molecule has 3 aromatic rings. The van der Waals surface area contributed by atoms with Crippen LogP contribution in [0.2, 0.25) is 0 Å². The van der Waals surface area contributed by atoms with Crippen molar-refractivity contribution in [1.29, 1.82) is 0 Å². The molecule has 160 valence electrons. The Morgan fingerprint density at radius 2 is 2.00 bits per heavy atom. The molecule has 1 aliphatic carbocycles. The lowest BCUT2D eigenvalue weighted by atomic mass is 9.94. The van der Waals surface area contributed by atoms with E-state index in [0.29, 0.717) is 23.0 Å². The van der Waals surface area contributed by atoms with E-state index in [-0.39, 0.29) is 0 Å². The first-order valence-electron chi connectivity index (χ1n) is 10.4. The maximum atomic E-state index is 12.1. The monoisotopic (exact) mass is 436 g/mol. The number of amides is 3. The van der Waals surface area contributed by atoms with E-state index in [2.05, 4.69) is 45.4 Å². The maximum Gasteiger partial charge on any atom is 0.317 e. The number of primary amides is 2. The van der Waals surface area contributed by atoms with Crippen molar-refractivity contribution < 1.29 is 9.59 Å². The minimum atomic E-state index is -0.707. The Balaban J connectivity index is 1.40. The standard InChI is InChI=1S/C22H24N6O2S/c23-20(29)18-15-6-7-17-16(19(15)31-21(18)25-22(24)30)12-28(26-17)14-8-9-27(11-14)10-13-4-2-1-3-5-13/h1-5,12,14H,6-11H2,(H2,23,29)(H3,24,25,30). The molecule has 3 amide bonds. The molecule has 1 aliphatic heterocycles. The zero-order valence-electron chi connectivity index (χ0n) is 17.0. The first-order chi connectivity index (χ1) is 15.0. The number of urea groups is 1. The number of carbonyl (C=O) groups is 2. The molecule has 1 fully saturated rings. The highest BCUT2D eigenvalue weighted by atomic mass is 32.1. The van der Waals surface area contributed by atoms with Gasteiger partial charge in [-0.2, -0.15) is 5.10 Å². The van der Waals surface area contributed by atoms with Crippen LogP contribution in [0, 0.1) is 0 Å². The Morgan fingerprint density at radius 3 is 2.74 bits per heavy atom. The summed E-state index contributed by atoms with van der Waals surface area (Å²) < 4.78 is 2.08. The van der Waals surface area contributed by atoms with E-state index in [1.165, 1.54) is 16.9 Å². The van der Waals surface area contributed by atoms with Crippen LogP contribution in [0.3, 0.4) is 0 Å². The van der Waals surface area contributed by atoms with Crippen molar-refractivity contribution in [3.8, 4) is 10.4 Å². The number of nitrogens with zero attached hydrogens (tertiary/aromatic N) is 3. The van der Waals surface area contributed by atoms with Crippen LogP contribution in [0.25, 0.3) is 10.4 Å². The zero-order valence-corrected chi connectivity index (χ0v) is 17.8. The van der Waals surface area contributed by atoms with Crippen LogP contribution in [0.4, 0.5) is 9.80 Å². The molecule has 31 heavy (non-hydrogen) atoms. The number of anilines is 1. The van der Waals surface area contributed by atoms with Crippen LogP contribution in [0.5, 0.6) is 0 Å². The number of hydrogen-bond acceptors (Lipinski definition) is 5. The van der Waals surface area contributed by atoms with Crippen LogP contribution >= 0.6 is 11.3 Å². The van der Waals surface area contributed by atoms with Gasteiger partial charge in [0.25, 0.3) is 5.91 Å². The highest BCUT2D eigenvalue weighted by molar-refractivity contribution is 7.20. The minimum Gasteiger partial charge on any atom is -0.365 e. The number of thiophene rings is 1. The van der Waals surface area contributed by atoms with Crippen LogP contribution < -0.4 is 16.8 Å². The molecule has 5 rings (SSSR count). The number of aryl methyl sites for hydroxylation is 1. The quantitative estimate of drug-likeness (QED) is 0.570. The van der Waals surface area contributed by atoms with Crippen molar-refractivity contribution in [1.82, 2.24) is 14.7 Å². The Kier molecular flexibility index (Phi) is 4.99. The number of aromatic nitrogens is 2. The van der Waals surface area contributed by atoms with Crippen molar-refractivity contribution in [2.75, 3.05) is 18.4 Å². The molecule has 1 atom stereocenters. The number of carbonyl (C=O) groups excluding carboxylic acids is 2. The Bertz CT molecular complexity index is 1150. The number of fused-ring (bicyclic) bond motifs is 3. The predicted octanol–water partition coefficient (Wildman–Crippen LogP) is 2.75. The second kappa shape index (κ2) is 7.82. The van der Waals surface area contributed by atoms with Gasteiger partial charge in [-0.25, -0.2) is 4.79 Å². The number of nitrogens with two attached hydrogens (primary N) is 2. The normalized spacial score (nSPS) is 17.9. The molecule has 3 heterocycles. The molecule has 9 heteroatoms. The number of benzene rings is 1. The van der Waals surface area contributed by atoms with Gasteiger partial charge >= 0.3 is 6.03 Å². The van der Waals surface area contributed by atoms with E-state index in [1.54, 1.807) is 0 Å². The van der Waals surface area contributed by atoms with Crippen molar-refractivity contribution in [2.45, 2.75) is 31.8 Å². The summed E-state index contributed by atoms with van der Waals surface area (Å²) in [6.07, 6.45) is 4.53. The summed E-state index contributed by atoms with van der Waals surface area (Å²) in [6, 6.07) is 10.1. The smallest absolute Gasteiger partial charge is 0.317 e. The van der Waals surface area contributed by atoms with Gasteiger partial charge in [-0.3, -0.25) is 19.7 Å². The molecule has 1 saturated heterocycles. The van der Waals surface area contributed by atoms with Gasteiger partial charge in [-0.15, -0.1) is 11.3 Å². The van der Waals surface area contributed by atoms with Crippen molar-refractivity contribution >= 4 is 28.3 Å². The average molecular weight is 437 g/mol. The third-order valence-corrected chi connectivity index (χ3v) is 7.21. The maximum absolute atomic E-state index is 12.1. The van der Waals surface area contributed by atoms with Crippen LogP contribution in [-0.2, 0) is 19.4 Å². The zero-order chi connectivity index (χ0) is 21.5. The fourth-order valence-corrected chi connectivity index (χ4v) is 5.92. The fraction of sp³-hybridized carbons (Fsp3) is 0.318. The van der Waals surface area contributed by atoms with Gasteiger partial charge in [0.1, 0.15) is 5.00 Å². The number of hydrogen-bond donors (Lipinski definition) is 3. The van der Waals surface area contributed by atoms with Gasteiger partial charge in [0, 0.05) is 36.3 Å². The Morgan fingerprint density at radius 1 is 1.19 bits per heavy atom. The molecule has 0 radical (unpaired) electrons. The Labute approximate surface area is 183 Å². The minimum absolute atomic E-state index is 0.316. The van der Waals surface area contributed by atoms with Crippen LogP contribution in [0.1, 0.15) is 39.6 Å². The molecule has 0 saturated carbocycles. The summed E-state index contributed by atoms with van der Waals surface area (Å²) in [7, 11) is 0. The molecule has 2 aromatic heterocycles. The average Bonchev–Trinajstić information content (AvgIpc) is 3.43. The number of nitrogens with one attached hydrogen (secondary N) is 1. The van der Waals surface area contributed by atoms with Crippen molar-refractivity contribution in [2.24, 2.45) is 11.5 Å². The van der Waals surface area contributed by atoms with Crippen LogP contribution in [-0.4, -0.2) is 39.7 Å². The van der Waals surface area contributed by atoms with Gasteiger partial charge in [0.15, 0.2) is 0 Å². The fourth-order valence-electron chi connectivity index (χ4n) is 4.63. The summed E-state index contributed by atoms with van der Waals surface area (Å²) in [5.41, 5.74) is 15.5. The van der Waals surface area contributed by atoms with E-state index in [4.69, 9.17) is 16.6 Å². The molecule has 0 spiro atoms. The third-order valence-electron chi connectivity index (χ3n) is 6.03. The van der Waals surface area contributed by atoms with E-state index < -0.39 is 11.9 Å². The number of rotatable bonds is 5. The molecular formula is C22H24N6O2S. The molecule has 0 bridgehead atoms. The van der Waals surface area contributed by atoms with Crippen molar-refractivity contribution in [3.05, 3.63) is 58.9 Å².